The molecule has 0 bridgehead atoms. The lowest BCUT2D eigenvalue weighted by molar-refractivity contribution is 0.202. The third-order valence-corrected chi connectivity index (χ3v) is 4.08. The molecule has 0 aliphatic carbocycles. The fourth-order valence-electron chi connectivity index (χ4n) is 3.03. The standard InChI is InChI=1S/C16H26FN3/c1-19(2)12-15-7-4-9-20(15)10-8-16(18)13-5-3-6-14(17)11-13/h3,5-6,11,15-16H,4,7-10,12,18H2,1-2H3. The average molecular weight is 279 g/mol. The highest BCUT2D eigenvalue weighted by Gasteiger charge is 2.24. The van der Waals surface area contributed by atoms with E-state index in [1.807, 2.05) is 6.07 Å². The van der Waals surface area contributed by atoms with Crippen LogP contribution in [0.4, 0.5) is 4.39 Å². The van der Waals surface area contributed by atoms with E-state index >= 15 is 0 Å². The number of nitrogens with two attached hydrogens (primary N) is 1. The molecule has 1 aromatic rings. The maximum atomic E-state index is 13.2. The topological polar surface area (TPSA) is 32.5 Å². The summed E-state index contributed by atoms with van der Waals surface area (Å²) in [6, 6.07) is 7.22. The lowest BCUT2D eigenvalue weighted by Gasteiger charge is -2.28. The van der Waals surface area contributed by atoms with E-state index in [0.29, 0.717) is 6.04 Å². The normalized spacial score (nSPS) is 21.6. The number of hydrogen-bond acceptors (Lipinski definition) is 3. The molecule has 1 saturated heterocycles. The van der Waals surface area contributed by atoms with Gasteiger partial charge >= 0.3 is 0 Å². The first kappa shape index (κ1) is 15.4. The van der Waals surface area contributed by atoms with E-state index in [9.17, 15) is 4.39 Å². The van der Waals surface area contributed by atoms with Crippen molar-refractivity contribution in [3.63, 3.8) is 0 Å². The molecule has 2 rings (SSSR count). The van der Waals surface area contributed by atoms with Crippen molar-refractivity contribution in [2.75, 3.05) is 33.7 Å². The molecule has 0 saturated carbocycles. The van der Waals surface area contributed by atoms with Gasteiger partial charge in [0, 0.05) is 25.2 Å². The van der Waals surface area contributed by atoms with Crippen molar-refractivity contribution in [1.82, 2.24) is 9.80 Å². The van der Waals surface area contributed by atoms with Crippen LogP contribution in [0.15, 0.2) is 24.3 Å². The number of halogens is 1. The molecule has 2 unspecified atom stereocenters. The smallest absolute Gasteiger partial charge is 0.123 e. The molecule has 112 valence electrons. The molecule has 0 radical (unpaired) electrons. The summed E-state index contributed by atoms with van der Waals surface area (Å²) in [5.74, 6) is -0.204. The summed E-state index contributed by atoms with van der Waals surface area (Å²) in [6.07, 6.45) is 3.43. The average Bonchev–Trinajstić information content (AvgIpc) is 2.82. The number of nitrogens with zero attached hydrogens (tertiary/aromatic N) is 2. The maximum absolute atomic E-state index is 13.2. The minimum Gasteiger partial charge on any atom is -0.324 e. The lowest BCUT2D eigenvalue weighted by atomic mass is 10.0. The molecular weight excluding hydrogens is 253 g/mol. The Morgan fingerprint density at radius 2 is 2.25 bits per heavy atom. The first-order valence-electron chi connectivity index (χ1n) is 7.46. The second-order valence-corrected chi connectivity index (χ2v) is 6.04. The molecule has 3 nitrogen and oxygen atoms in total. The zero-order valence-corrected chi connectivity index (χ0v) is 12.6. The number of rotatable bonds is 6. The molecule has 20 heavy (non-hydrogen) atoms. The largest absolute Gasteiger partial charge is 0.324 e. The highest BCUT2D eigenvalue weighted by atomic mass is 19.1. The Hall–Kier alpha value is -0.970. The summed E-state index contributed by atoms with van der Waals surface area (Å²) in [7, 11) is 4.24. The molecule has 4 heteroatoms. The fourth-order valence-corrected chi connectivity index (χ4v) is 3.03. The van der Waals surface area contributed by atoms with Crippen molar-refractivity contribution < 1.29 is 4.39 Å². The molecule has 1 aromatic carbocycles. The summed E-state index contributed by atoms with van der Waals surface area (Å²) in [5.41, 5.74) is 7.08. The first-order chi connectivity index (χ1) is 9.56. The van der Waals surface area contributed by atoms with Gasteiger partial charge in [-0.3, -0.25) is 4.90 Å². The zero-order valence-electron chi connectivity index (χ0n) is 12.6. The molecule has 1 heterocycles. The summed E-state index contributed by atoms with van der Waals surface area (Å²) < 4.78 is 13.2. The van der Waals surface area contributed by atoms with Crippen molar-refractivity contribution in [2.24, 2.45) is 5.73 Å². The molecule has 2 N–H and O–H groups in total. The van der Waals surface area contributed by atoms with Crippen LogP contribution in [0.2, 0.25) is 0 Å². The van der Waals surface area contributed by atoms with E-state index in [0.717, 1.165) is 31.6 Å². The van der Waals surface area contributed by atoms with Crippen LogP contribution in [0.25, 0.3) is 0 Å². The van der Waals surface area contributed by atoms with Crippen LogP contribution in [0, 0.1) is 5.82 Å². The van der Waals surface area contributed by atoms with Crippen LogP contribution in [0.5, 0.6) is 0 Å². The molecule has 0 aromatic heterocycles. The van der Waals surface area contributed by atoms with Gasteiger partial charge in [-0.25, -0.2) is 4.39 Å². The van der Waals surface area contributed by atoms with E-state index in [1.165, 1.54) is 18.9 Å². The second kappa shape index (κ2) is 7.16. The van der Waals surface area contributed by atoms with Crippen LogP contribution in [-0.2, 0) is 0 Å². The minimum atomic E-state index is -0.204. The Balaban J connectivity index is 1.85. The predicted molar refractivity (Wildman–Crippen MR) is 81.1 cm³/mol. The van der Waals surface area contributed by atoms with Crippen molar-refractivity contribution >= 4 is 0 Å². The van der Waals surface area contributed by atoms with E-state index in [1.54, 1.807) is 12.1 Å². The second-order valence-electron chi connectivity index (χ2n) is 6.04. The SMILES string of the molecule is CN(C)CC1CCCN1CCC(N)c1cccc(F)c1. The summed E-state index contributed by atoms with van der Waals surface area (Å²) >= 11 is 0. The number of hydrogen-bond donors (Lipinski definition) is 1. The Morgan fingerprint density at radius 3 is 2.95 bits per heavy atom. The minimum absolute atomic E-state index is 0.0775. The van der Waals surface area contributed by atoms with Gasteiger partial charge in [-0.1, -0.05) is 12.1 Å². The van der Waals surface area contributed by atoms with E-state index in [-0.39, 0.29) is 11.9 Å². The Morgan fingerprint density at radius 1 is 1.45 bits per heavy atom. The van der Waals surface area contributed by atoms with Crippen LogP contribution in [0.1, 0.15) is 30.9 Å². The molecule has 1 aliphatic rings. The van der Waals surface area contributed by atoms with Gasteiger partial charge in [-0.15, -0.1) is 0 Å². The third kappa shape index (κ3) is 4.27. The van der Waals surface area contributed by atoms with Gasteiger partial charge in [0.25, 0.3) is 0 Å². The van der Waals surface area contributed by atoms with Gasteiger partial charge in [0.2, 0.25) is 0 Å². The third-order valence-electron chi connectivity index (χ3n) is 4.08. The Bertz CT molecular complexity index is 422. The molecule has 2 atom stereocenters. The first-order valence-corrected chi connectivity index (χ1v) is 7.46. The van der Waals surface area contributed by atoms with Gasteiger partial charge in [0.1, 0.15) is 5.82 Å². The van der Waals surface area contributed by atoms with Crippen LogP contribution < -0.4 is 5.73 Å². The molecule has 1 aliphatic heterocycles. The van der Waals surface area contributed by atoms with Gasteiger partial charge in [-0.2, -0.15) is 0 Å². The number of likely N-dealkylation sites (tertiary alicyclic amines) is 1. The molecular formula is C16H26FN3. The molecule has 0 spiro atoms. The van der Waals surface area contributed by atoms with E-state index in [4.69, 9.17) is 5.73 Å². The molecule has 0 amide bonds. The van der Waals surface area contributed by atoms with E-state index in [2.05, 4.69) is 23.9 Å². The lowest BCUT2D eigenvalue weighted by Crippen LogP contribution is -2.38. The van der Waals surface area contributed by atoms with Crippen molar-refractivity contribution in [2.45, 2.75) is 31.3 Å². The summed E-state index contributed by atoms with van der Waals surface area (Å²) in [5, 5.41) is 0. The van der Waals surface area contributed by atoms with Gasteiger partial charge < -0.3 is 10.6 Å². The van der Waals surface area contributed by atoms with E-state index < -0.39 is 0 Å². The maximum Gasteiger partial charge on any atom is 0.123 e. The molecule has 1 fully saturated rings. The monoisotopic (exact) mass is 279 g/mol. The Labute approximate surface area is 121 Å². The van der Waals surface area contributed by atoms with Gasteiger partial charge in [0.15, 0.2) is 0 Å². The highest BCUT2D eigenvalue weighted by Crippen LogP contribution is 2.21. The quantitative estimate of drug-likeness (QED) is 0.867. The van der Waals surface area contributed by atoms with Gasteiger partial charge in [-0.05, 0) is 57.6 Å². The van der Waals surface area contributed by atoms with Crippen LogP contribution in [-0.4, -0.2) is 49.6 Å². The van der Waals surface area contributed by atoms with Crippen molar-refractivity contribution in [3.8, 4) is 0 Å². The van der Waals surface area contributed by atoms with Crippen molar-refractivity contribution in [1.29, 1.82) is 0 Å². The summed E-state index contributed by atoms with van der Waals surface area (Å²) in [4.78, 5) is 4.77. The van der Waals surface area contributed by atoms with Crippen molar-refractivity contribution in [3.05, 3.63) is 35.6 Å². The number of benzene rings is 1. The summed E-state index contributed by atoms with van der Waals surface area (Å²) in [6.45, 7) is 3.26. The number of likely N-dealkylation sites (N-methyl/N-ethyl adjacent to an activating group) is 1. The Kier molecular flexibility index (Phi) is 5.52. The van der Waals surface area contributed by atoms with Gasteiger partial charge in [0.05, 0.1) is 0 Å². The zero-order chi connectivity index (χ0) is 14.5. The van der Waals surface area contributed by atoms with Crippen LogP contribution >= 0.6 is 0 Å². The van der Waals surface area contributed by atoms with Crippen LogP contribution in [0.3, 0.4) is 0 Å². The predicted octanol–water partition coefficient (Wildman–Crippen LogP) is 2.24. The fraction of sp³-hybridized carbons (Fsp3) is 0.625. The highest BCUT2D eigenvalue weighted by molar-refractivity contribution is 5.19.